The van der Waals surface area contributed by atoms with Gasteiger partial charge in [-0.25, -0.2) is 4.98 Å². The number of nitrogens with zero attached hydrogens (tertiary/aromatic N) is 2. The maximum Gasteiger partial charge on any atom is 0.308 e. The van der Waals surface area contributed by atoms with Crippen LogP contribution in [0.5, 0.6) is 0 Å². The van der Waals surface area contributed by atoms with Crippen molar-refractivity contribution in [3.05, 3.63) is 17.2 Å². The van der Waals surface area contributed by atoms with E-state index in [0.717, 1.165) is 23.6 Å². The second kappa shape index (κ2) is 3.12. The van der Waals surface area contributed by atoms with E-state index in [0.29, 0.717) is 13.0 Å². The zero-order valence-corrected chi connectivity index (χ0v) is 8.45. The summed E-state index contributed by atoms with van der Waals surface area (Å²) in [6, 6.07) is 0. The lowest BCUT2D eigenvalue weighted by Crippen LogP contribution is -2.27. The first-order valence-electron chi connectivity index (χ1n) is 4.85. The molecule has 1 unspecified atom stereocenters. The number of fused-ring (bicyclic) bond motifs is 1. The van der Waals surface area contributed by atoms with E-state index in [9.17, 15) is 4.79 Å². The van der Waals surface area contributed by atoms with Gasteiger partial charge in [-0.15, -0.1) is 0 Å². The molecule has 76 valence electrons. The van der Waals surface area contributed by atoms with Crippen molar-refractivity contribution in [3.8, 4) is 0 Å². The normalized spacial score (nSPS) is 20.6. The molecular weight excluding hydrogens is 180 g/mol. The van der Waals surface area contributed by atoms with E-state index < -0.39 is 5.97 Å². The van der Waals surface area contributed by atoms with Gasteiger partial charge in [-0.1, -0.05) is 0 Å². The summed E-state index contributed by atoms with van der Waals surface area (Å²) in [5.74, 6) is 0.105. The van der Waals surface area contributed by atoms with Crippen LogP contribution in [0.3, 0.4) is 0 Å². The molecule has 0 bridgehead atoms. The van der Waals surface area contributed by atoms with Crippen LogP contribution in [-0.4, -0.2) is 20.6 Å². The number of rotatable bonds is 1. The van der Waals surface area contributed by atoms with E-state index in [1.807, 2.05) is 18.4 Å². The van der Waals surface area contributed by atoms with Crippen molar-refractivity contribution in [1.29, 1.82) is 0 Å². The predicted molar refractivity (Wildman–Crippen MR) is 51.1 cm³/mol. The van der Waals surface area contributed by atoms with Gasteiger partial charge in [-0.3, -0.25) is 4.79 Å². The highest BCUT2D eigenvalue weighted by Crippen LogP contribution is 2.22. The lowest BCUT2D eigenvalue weighted by Gasteiger charge is -2.21. The first-order chi connectivity index (χ1) is 6.59. The number of aryl methyl sites for hydroxylation is 2. The van der Waals surface area contributed by atoms with Crippen LogP contribution in [0.4, 0.5) is 0 Å². The fourth-order valence-corrected chi connectivity index (χ4v) is 1.97. The molecule has 0 fully saturated rings. The van der Waals surface area contributed by atoms with Crippen molar-refractivity contribution in [2.45, 2.75) is 33.2 Å². The molecule has 4 heteroatoms. The molecule has 1 N–H and O–H groups in total. The monoisotopic (exact) mass is 194 g/mol. The SMILES string of the molecule is Cc1nc2n(c1C)CC(C(=O)O)CC2. The summed E-state index contributed by atoms with van der Waals surface area (Å²) >= 11 is 0. The molecule has 2 heterocycles. The lowest BCUT2D eigenvalue weighted by atomic mass is 10.00. The average molecular weight is 194 g/mol. The largest absolute Gasteiger partial charge is 0.481 e. The zero-order valence-electron chi connectivity index (χ0n) is 8.45. The number of aliphatic carboxylic acids is 1. The molecule has 1 aliphatic heterocycles. The first-order valence-corrected chi connectivity index (χ1v) is 4.85. The summed E-state index contributed by atoms with van der Waals surface area (Å²) in [6.45, 7) is 4.55. The van der Waals surface area contributed by atoms with Gasteiger partial charge in [0.2, 0.25) is 0 Å². The molecule has 0 aromatic carbocycles. The number of hydrogen-bond donors (Lipinski definition) is 1. The molecule has 4 nitrogen and oxygen atoms in total. The van der Waals surface area contributed by atoms with Gasteiger partial charge in [0.15, 0.2) is 0 Å². The van der Waals surface area contributed by atoms with Crippen molar-refractivity contribution < 1.29 is 9.90 Å². The molecule has 0 saturated heterocycles. The van der Waals surface area contributed by atoms with Crippen molar-refractivity contribution in [2.24, 2.45) is 5.92 Å². The third-order valence-corrected chi connectivity index (χ3v) is 3.01. The molecule has 0 radical (unpaired) electrons. The van der Waals surface area contributed by atoms with E-state index >= 15 is 0 Å². The Morgan fingerprint density at radius 2 is 2.29 bits per heavy atom. The standard InChI is InChI=1S/C10H14N2O2/c1-6-7(2)12-5-8(10(13)14)3-4-9(12)11-6/h8H,3-5H2,1-2H3,(H,13,14). The quantitative estimate of drug-likeness (QED) is 0.729. The fourth-order valence-electron chi connectivity index (χ4n) is 1.97. The highest BCUT2D eigenvalue weighted by molar-refractivity contribution is 5.70. The Morgan fingerprint density at radius 1 is 1.57 bits per heavy atom. The average Bonchev–Trinajstić information content (AvgIpc) is 2.43. The third kappa shape index (κ3) is 1.31. The van der Waals surface area contributed by atoms with Gasteiger partial charge in [0, 0.05) is 18.7 Å². The Bertz CT molecular complexity index is 382. The third-order valence-electron chi connectivity index (χ3n) is 3.01. The van der Waals surface area contributed by atoms with Crippen molar-refractivity contribution in [1.82, 2.24) is 9.55 Å². The summed E-state index contributed by atoms with van der Waals surface area (Å²) in [6.07, 6.45) is 1.50. The van der Waals surface area contributed by atoms with Crippen LogP contribution in [0.1, 0.15) is 23.6 Å². The minimum Gasteiger partial charge on any atom is -0.481 e. The Kier molecular flexibility index (Phi) is 2.06. The molecule has 1 aliphatic rings. The van der Waals surface area contributed by atoms with Crippen LogP contribution in [0.2, 0.25) is 0 Å². The van der Waals surface area contributed by atoms with Gasteiger partial charge >= 0.3 is 5.97 Å². The van der Waals surface area contributed by atoms with Gasteiger partial charge in [0.1, 0.15) is 5.82 Å². The number of hydrogen-bond acceptors (Lipinski definition) is 2. The van der Waals surface area contributed by atoms with Gasteiger partial charge in [-0.05, 0) is 20.3 Å². The molecule has 1 aromatic heterocycles. The number of imidazole rings is 1. The minimum atomic E-state index is -0.693. The highest BCUT2D eigenvalue weighted by atomic mass is 16.4. The van der Waals surface area contributed by atoms with Crippen LogP contribution in [0.25, 0.3) is 0 Å². The predicted octanol–water partition coefficient (Wildman–Crippen LogP) is 1.15. The fraction of sp³-hybridized carbons (Fsp3) is 0.600. The van der Waals surface area contributed by atoms with Crippen LogP contribution in [0, 0.1) is 19.8 Å². The number of carboxylic acids is 1. The van der Waals surface area contributed by atoms with Crippen molar-refractivity contribution >= 4 is 5.97 Å². The van der Waals surface area contributed by atoms with Gasteiger partial charge < -0.3 is 9.67 Å². The van der Waals surface area contributed by atoms with E-state index in [4.69, 9.17) is 5.11 Å². The summed E-state index contributed by atoms with van der Waals surface area (Å²) in [7, 11) is 0. The Hall–Kier alpha value is -1.32. The summed E-state index contributed by atoms with van der Waals surface area (Å²) in [5.41, 5.74) is 2.12. The van der Waals surface area contributed by atoms with Crippen LogP contribution in [-0.2, 0) is 17.8 Å². The molecule has 0 spiro atoms. The summed E-state index contributed by atoms with van der Waals surface area (Å²) in [5, 5.41) is 8.93. The highest BCUT2D eigenvalue weighted by Gasteiger charge is 2.26. The number of aromatic nitrogens is 2. The van der Waals surface area contributed by atoms with Gasteiger partial charge in [0.25, 0.3) is 0 Å². The number of carbonyl (C=O) groups is 1. The van der Waals surface area contributed by atoms with Crippen LogP contribution >= 0.6 is 0 Å². The summed E-state index contributed by atoms with van der Waals surface area (Å²) < 4.78 is 2.04. The molecule has 1 atom stereocenters. The second-order valence-electron chi connectivity index (χ2n) is 3.88. The van der Waals surface area contributed by atoms with Crippen molar-refractivity contribution in [2.75, 3.05) is 0 Å². The van der Waals surface area contributed by atoms with E-state index in [-0.39, 0.29) is 5.92 Å². The van der Waals surface area contributed by atoms with E-state index in [1.165, 1.54) is 0 Å². The maximum atomic E-state index is 10.8. The Labute approximate surface area is 82.6 Å². The van der Waals surface area contributed by atoms with Crippen molar-refractivity contribution in [3.63, 3.8) is 0 Å². The minimum absolute atomic E-state index is 0.241. The van der Waals surface area contributed by atoms with Gasteiger partial charge in [0.05, 0.1) is 11.6 Å². The molecule has 0 saturated carbocycles. The first kappa shape index (κ1) is 9.24. The molecule has 0 aliphatic carbocycles. The lowest BCUT2D eigenvalue weighted by molar-refractivity contribution is -0.142. The van der Waals surface area contributed by atoms with Crippen LogP contribution < -0.4 is 0 Å². The zero-order chi connectivity index (χ0) is 10.3. The molecule has 2 rings (SSSR count). The van der Waals surface area contributed by atoms with Crippen LogP contribution in [0.15, 0.2) is 0 Å². The van der Waals surface area contributed by atoms with E-state index in [1.54, 1.807) is 0 Å². The van der Waals surface area contributed by atoms with E-state index in [2.05, 4.69) is 4.98 Å². The smallest absolute Gasteiger partial charge is 0.308 e. The van der Waals surface area contributed by atoms with Gasteiger partial charge in [-0.2, -0.15) is 0 Å². The molecule has 0 amide bonds. The second-order valence-corrected chi connectivity index (χ2v) is 3.88. The Morgan fingerprint density at radius 3 is 2.93 bits per heavy atom. The summed E-state index contributed by atoms with van der Waals surface area (Å²) in [4.78, 5) is 15.3. The number of carboxylic acid groups (broad SMARTS) is 1. The molecular formula is C10H14N2O2. The Balaban J connectivity index is 2.33. The molecule has 1 aromatic rings. The maximum absolute atomic E-state index is 10.8. The topological polar surface area (TPSA) is 55.1 Å². The molecule has 14 heavy (non-hydrogen) atoms.